The number of hydrogen-bond donors (Lipinski definition) is 1. The summed E-state index contributed by atoms with van der Waals surface area (Å²) < 4.78 is 36.6. The van der Waals surface area contributed by atoms with E-state index in [1.165, 1.54) is 5.56 Å². The first-order valence-corrected chi connectivity index (χ1v) is 10.7. The van der Waals surface area contributed by atoms with E-state index in [0.717, 1.165) is 17.7 Å². The summed E-state index contributed by atoms with van der Waals surface area (Å²) in [4.78, 5) is 0. The number of nitrogens with one attached hydrogen (secondary N) is 1. The highest BCUT2D eigenvalue weighted by Crippen LogP contribution is 2.34. The van der Waals surface area contributed by atoms with Gasteiger partial charge in [-0.25, -0.2) is 8.42 Å². The number of ether oxygens (including phenoxy) is 2. The van der Waals surface area contributed by atoms with E-state index >= 15 is 0 Å². The molecule has 0 radical (unpaired) electrons. The molecular weight excluding hydrogens is 338 g/mol. The maximum absolute atomic E-state index is 12.5. The lowest BCUT2D eigenvalue weighted by Crippen LogP contribution is -2.58. The summed E-state index contributed by atoms with van der Waals surface area (Å²) in [5, 5.41) is 2.74. The van der Waals surface area contributed by atoms with Crippen LogP contribution in [0.2, 0.25) is 0 Å². The molecule has 2 unspecified atom stereocenters. The van der Waals surface area contributed by atoms with Gasteiger partial charge in [0, 0.05) is 25.4 Å². The molecule has 1 N–H and O–H groups in total. The Labute approximate surface area is 152 Å². The summed E-state index contributed by atoms with van der Waals surface area (Å²) in [6, 6.07) is 6.06. The van der Waals surface area contributed by atoms with E-state index in [4.69, 9.17) is 9.47 Å². The summed E-state index contributed by atoms with van der Waals surface area (Å²) in [5.41, 5.74) is 1.80. The minimum Gasteiger partial charge on any atom is -0.486 e. The third kappa shape index (κ3) is 4.96. The van der Waals surface area contributed by atoms with Gasteiger partial charge in [0.1, 0.15) is 16.7 Å². The van der Waals surface area contributed by atoms with E-state index in [0.29, 0.717) is 19.6 Å². The molecule has 142 valence electrons. The normalized spacial score (nSPS) is 20.6. The van der Waals surface area contributed by atoms with Gasteiger partial charge in [0.2, 0.25) is 0 Å². The highest BCUT2D eigenvalue weighted by atomic mass is 32.2. The maximum atomic E-state index is 12.5. The Morgan fingerprint density at radius 1 is 1.36 bits per heavy atom. The zero-order valence-corrected chi connectivity index (χ0v) is 16.8. The van der Waals surface area contributed by atoms with Crippen molar-refractivity contribution < 1.29 is 17.9 Å². The fourth-order valence-corrected chi connectivity index (χ4v) is 4.40. The second-order valence-electron chi connectivity index (χ2n) is 7.17. The molecule has 0 saturated heterocycles. The number of hydrogen-bond acceptors (Lipinski definition) is 5. The Morgan fingerprint density at radius 3 is 2.72 bits per heavy atom. The fraction of sp³-hybridized carbons (Fsp3) is 0.684. The number of fused-ring (bicyclic) bond motifs is 1. The van der Waals surface area contributed by atoms with Gasteiger partial charge in [0.25, 0.3) is 0 Å². The SMILES string of the molecule is CCOCCC(NC1Cc2cc(C)ccc2OC1(C)C)S(=O)(=O)CC. The Morgan fingerprint density at radius 2 is 2.08 bits per heavy atom. The zero-order valence-electron chi connectivity index (χ0n) is 16.0. The van der Waals surface area contributed by atoms with Crippen LogP contribution in [0.25, 0.3) is 0 Å². The van der Waals surface area contributed by atoms with Crippen molar-refractivity contribution in [3.8, 4) is 5.75 Å². The van der Waals surface area contributed by atoms with E-state index in [9.17, 15) is 8.42 Å². The highest BCUT2D eigenvalue weighted by molar-refractivity contribution is 7.91. The van der Waals surface area contributed by atoms with Crippen LogP contribution in [-0.4, -0.2) is 44.4 Å². The van der Waals surface area contributed by atoms with Crippen molar-refractivity contribution in [3.05, 3.63) is 29.3 Å². The molecule has 0 saturated carbocycles. The Bertz CT molecular complexity index is 685. The van der Waals surface area contributed by atoms with E-state index in [1.54, 1.807) is 6.92 Å². The Kier molecular flexibility index (Phi) is 6.51. The fourth-order valence-electron chi connectivity index (χ4n) is 3.17. The van der Waals surface area contributed by atoms with E-state index in [-0.39, 0.29) is 11.8 Å². The Balaban J connectivity index is 2.22. The molecule has 0 amide bonds. The van der Waals surface area contributed by atoms with Crippen LogP contribution in [0.4, 0.5) is 0 Å². The number of sulfone groups is 1. The van der Waals surface area contributed by atoms with Crippen molar-refractivity contribution >= 4 is 9.84 Å². The Hall–Kier alpha value is -1.11. The average molecular weight is 370 g/mol. The third-order valence-electron chi connectivity index (χ3n) is 4.80. The lowest BCUT2D eigenvalue weighted by Gasteiger charge is -2.42. The molecule has 1 heterocycles. The largest absolute Gasteiger partial charge is 0.486 e. The molecular formula is C19H31NO4S. The van der Waals surface area contributed by atoms with Crippen molar-refractivity contribution in [2.75, 3.05) is 19.0 Å². The molecule has 2 atom stereocenters. The number of benzene rings is 1. The second kappa shape index (κ2) is 8.06. The molecule has 0 spiro atoms. The molecule has 5 nitrogen and oxygen atoms in total. The quantitative estimate of drug-likeness (QED) is 0.714. The lowest BCUT2D eigenvalue weighted by atomic mass is 9.88. The second-order valence-corrected chi connectivity index (χ2v) is 9.64. The molecule has 0 aliphatic carbocycles. The van der Waals surface area contributed by atoms with Crippen LogP contribution in [0.1, 0.15) is 45.2 Å². The summed E-state index contributed by atoms with van der Waals surface area (Å²) in [5.74, 6) is 0.999. The first-order valence-electron chi connectivity index (χ1n) is 9.03. The first kappa shape index (κ1) is 20.2. The van der Waals surface area contributed by atoms with Crippen molar-refractivity contribution in [1.29, 1.82) is 0 Å². The topological polar surface area (TPSA) is 64.6 Å². The number of rotatable bonds is 8. The van der Waals surface area contributed by atoms with Gasteiger partial charge in [-0.2, -0.15) is 0 Å². The third-order valence-corrected chi connectivity index (χ3v) is 6.85. The average Bonchev–Trinajstić information content (AvgIpc) is 2.54. The van der Waals surface area contributed by atoms with Crippen LogP contribution < -0.4 is 10.1 Å². The first-order chi connectivity index (χ1) is 11.7. The van der Waals surface area contributed by atoms with Crippen LogP contribution in [0.5, 0.6) is 5.75 Å². The molecule has 0 fully saturated rings. The van der Waals surface area contributed by atoms with E-state index < -0.39 is 20.8 Å². The van der Waals surface area contributed by atoms with Gasteiger partial charge in [-0.05, 0) is 45.7 Å². The van der Waals surface area contributed by atoms with Crippen molar-refractivity contribution in [1.82, 2.24) is 5.32 Å². The van der Waals surface area contributed by atoms with Crippen LogP contribution in [0, 0.1) is 6.92 Å². The summed E-state index contributed by atoms with van der Waals surface area (Å²) >= 11 is 0. The minimum atomic E-state index is -3.22. The van der Waals surface area contributed by atoms with E-state index in [2.05, 4.69) is 18.3 Å². The molecule has 6 heteroatoms. The number of aryl methyl sites for hydroxylation is 1. The summed E-state index contributed by atoms with van der Waals surface area (Å²) in [6.07, 6.45) is 1.19. The van der Waals surface area contributed by atoms with Crippen LogP contribution in [-0.2, 0) is 21.0 Å². The van der Waals surface area contributed by atoms with Crippen LogP contribution >= 0.6 is 0 Å². The van der Waals surface area contributed by atoms with Crippen LogP contribution in [0.15, 0.2) is 18.2 Å². The smallest absolute Gasteiger partial charge is 0.165 e. The molecule has 2 rings (SSSR count). The predicted octanol–water partition coefficient (Wildman–Crippen LogP) is 2.85. The molecule has 1 aromatic carbocycles. The molecule has 1 aromatic rings. The van der Waals surface area contributed by atoms with Crippen molar-refractivity contribution in [3.63, 3.8) is 0 Å². The minimum absolute atomic E-state index is 0.0882. The maximum Gasteiger partial charge on any atom is 0.165 e. The summed E-state index contributed by atoms with van der Waals surface area (Å²) in [6.45, 7) is 10.7. The lowest BCUT2D eigenvalue weighted by molar-refractivity contribution is 0.0446. The molecule has 1 aliphatic rings. The van der Waals surface area contributed by atoms with Gasteiger partial charge in [-0.1, -0.05) is 24.6 Å². The predicted molar refractivity (Wildman–Crippen MR) is 101 cm³/mol. The van der Waals surface area contributed by atoms with E-state index in [1.807, 2.05) is 32.9 Å². The highest BCUT2D eigenvalue weighted by Gasteiger charge is 2.39. The molecule has 1 aliphatic heterocycles. The summed E-state index contributed by atoms with van der Waals surface area (Å²) in [7, 11) is -3.22. The van der Waals surface area contributed by atoms with Gasteiger partial charge in [0.05, 0.1) is 6.04 Å². The van der Waals surface area contributed by atoms with Crippen molar-refractivity contribution in [2.45, 2.75) is 64.5 Å². The van der Waals surface area contributed by atoms with Gasteiger partial charge in [-0.15, -0.1) is 0 Å². The van der Waals surface area contributed by atoms with Gasteiger partial charge in [-0.3, -0.25) is 5.32 Å². The van der Waals surface area contributed by atoms with Crippen LogP contribution in [0.3, 0.4) is 0 Å². The van der Waals surface area contributed by atoms with Gasteiger partial charge < -0.3 is 9.47 Å². The van der Waals surface area contributed by atoms with Crippen molar-refractivity contribution in [2.24, 2.45) is 0 Å². The van der Waals surface area contributed by atoms with Gasteiger partial charge >= 0.3 is 0 Å². The standard InChI is InChI=1S/C19H31NO4S/c1-6-23-11-10-18(25(21,22)7-2)20-17-13-15-12-14(3)8-9-16(15)24-19(17,4)5/h8-9,12,17-18,20H,6-7,10-11,13H2,1-5H3. The molecule has 25 heavy (non-hydrogen) atoms. The molecule has 0 bridgehead atoms. The monoisotopic (exact) mass is 369 g/mol. The zero-order chi connectivity index (χ0) is 18.7. The molecule has 0 aromatic heterocycles. The van der Waals surface area contributed by atoms with Gasteiger partial charge in [0.15, 0.2) is 9.84 Å².